The van der Waals surface area contributed by atoms with E-state index in [4.69, 9.17) is 16.3 Å². The number of carbonyl (C=O) groups excluding carboxylic acids is 1. The molecule has 2 nitrogen and oxygen atoms in total. The second kappa shape index (κ2) is 6.33. The van der Waals surface area contributed by atoms with Crippen molar-refractivity contribution in [1.82, 2.24) is 0 Å². The van der Waals surface area contributed by atoms with Crippen molar-refractivity contribution in [3.8, 4) is 0 Å². The Labute approximate surface area is 101 Å². The third-order valence-corrected chi connectivity index (χ3v) is 2.46. The summed E-state index contributed by atoms with van der Waals surface area (Å²) in [5, 5.41) is 0.713. The fourth-order valence-electron chi connectivity index (χ4n) is 1.29. The summed E-state index contributed by atoms with van der Waals surface area (Å²) in [7, 11) is 0. The fourth-order valence-corrected chi connectivity index (χ4v) is 1.42. The highest BCUT2D eigenvalue weighted by Crippen LogP contribution is 2.18. The minimum Gasteiger partial charge on any atom is -0.463 e. The molecule has 3 heteroatoms. The number of rotatable bonds is 4. The summed E-state index contributed by atoms with van der Waals surface area (Å²) in [6.07, 6.45) is 3.28. The molecule has 0 spiro atoms. The Morgan fingerprint density at radius 3 is 2.62 bits per heavy atom. The molecule has 0 aliphatic carbocycles. The van der Waals surface area contributed by atoms with Gasteiger partial charge in [0.1, 0.15) is 0 Å². The monoisotopic (exact) mass is 238 g/mol. The average molecular weight is 239 g/mol. The van der Waals surface area contributed by atoms with Gasteiger partial charge < -0.3 is 4.74 Å². The summed E-state index contributed by atoms with van der Waals surface area (Å²) >= 11 is 5.79. The number of hydrogen-bond acceptors (Lipinski definition) is 2. The number of hydrogen-bond donors (Lipinski definition) is 0. The highest BCUT2D eigenvalue weighted by Gasteiger charge is 2.02. The van der Waals surface area contributed by atoms with Crippen molar-refractivity contribution >= 4 is 17.6 Å². The average Bonchev–Trinajstić information content (AvgIpc) is 2.27. The SMILES string of the molecule is CCOC(=O)C=CC(C)c1ccc(Cl)cc1. The Hall–Kier alpha value is -1.28. The van der Waals surface area contributed by atoms with Crippen molar-refractivity contribution in [3.05, 3.63) is 47.0 Å². The number of halogens is 1. The highest BCUT2D eigenvalue weighted by molar-refractivity contribution is 6.30. The normalized spacial score (nSPS) is 12.7. The molecule has 0 aromatic heterocycles. The number of allylic oxidation sites excluding steroid dienone is 1. The minimum atomic E-state index is -0.302. The predicted octanol–water partition coefficient (Wildman–Crippen LogP) is 3.56. The molecule has 0 saturated carbocycles. The van der Waals surface area contributed by atoms with Crippen molar-refractivity contribution in [2.45, 2.75) is 19.8 Å². The lowest BCUT2D eigenvalue weighted by Gasteiger charge is -2.06. The van der Waals surface area contributed by atoms with Gasteiger partial charge in [0.05, 0.1) is 6.61 Å². The van der Waals surface area contributed by atoms with Gasteiger partial charge in [-0.05, 0) is 30.5 Å². The molecule has 86 valence electrons. The number of ether oxygens (including phenoxy) is 1. The van der Waals surface area contributed by atoms with E-state index in [1.165, 1.54) is 6.08 Å². The summed E-state index contributed by atoms with van der Waals surface area (Å²) < 4.78 is 4.80. The van der Waals surface area contributed by atoms with E-state index in [2.05, 4.69) is 0 Å². The molecule has 0 heterocycles. The molecule has 0 amide bonds. The molecule has 0 bridgehead atoms. The van der Waals surface area contributed by atoms with Crippen LogP contribution >= 0.6 is 11.6 Å². The second-order valence-corrected chi connectivity index (χ2v) is 3.89. The van der Waals surface area contributed by atoms with E-state index in [1.807, 2.05) is 37.3 Å². The zero-order valence-electron chi connectivity index (χ0n) is 9.44. The van der Waals surface area contributed by atoms with Crippen LogP contribution in [0, 0.1) is 0 Å². The highest BCUT2D eigenvalue weighted by atomic mass is 35.5. The lowest BCUT2D eigenvalue weighted by Crippen LogP contribution is -2.00. The van der Waals surface area contributed by atoms with E-state index in [0.29, 0.717) is 11.6 Å². The number of carbonyl (C=O) groups is 1. The molecule has 1 unspecified atom stereocenters. The van der Waals surface area contributed by atoms with Crippen LogP contribution in [0.25, 0.3) is 0 Å². The van der Waals surface area contributed by atoms with E-state index in [9.17, 15) is 4.79 Å². The second-order valence-electron chi connectivity index (χ2n) is 3.45. The number of benzene rings is 1. The topological polar surface area (TPSA) is 26.3 Å². The van der Waals surface area contributed by atoms with Crippen LogP contribution in [0.1, 0.15) is 25.3 Å². The molecule has 0 aliphatic rings. The lowest BCUT2D eigenvalue weighted by atomic mass is 10.0. The molecule has 1 aromatic carbocycles. The van der Waals surface area contributed by atoms with Crippen LogP contribution in [0.2, 0.25) is 5.02 Å². The Balaban J connectivity index is 2.61. The van der Waals surface area contributed by atoms with E-state index in [0.717, 1.165) is 5.56 Å². The van der Waals surface area contributed by atoms with Crippen molar-refractivity contribution < 1.29 is 9.53 Å². The van der Waals surface area contributed by atoms with Gasteiger partial charge in [-0.1, -0.05) is 36.7 Å². The molecule has 1 atom stereocenters. The van der Waals surface area contributed by atoms with Crippen molar-refractivity contribution in [2.75, 3.05) is 6.61 Å². The van der Waals surface area contributed by atoms with E-state index < -0.39 is 0 Å². The Kier molecular flexibility index (Phi) is 5.06. The van der Waals surface area contributed by atoms with E-state index in [-0.39, 0.29) is 11.9 Å². The Bertz CT molecular complexity index is 368. The van der Waals surface area contributed by atoms with Gasteiger partial charge in [-0.15, -0.1) is 0 Å². The molecular formula is C13H15ClO2. The standard InChI is InChI=1S/C13H15ClO2/c1-3-16-13(15)9-4-10(2)11-5-7-12(14)8-6-11/h4-10H,3H2,1-2H3. The van der Waals surface area contributed by atoms with Crippen LogP contribution in [0.4, 0.5) is 0 Å². The zero-order chi connectivity index (χ0) is 12.0. The molecule has 0 fully saturated rings. The van der Waals surface area contributed by atoms with E-state index in [1.54, 1.807) is 6.92 Å². The first-order valence-electron chi connectivity index (χ1n) is 5.24. The molecule has 0 radical (unpaired) electrons. The first-order valence-corrected chi connectivity index (χ1v) is 5.61. The maximum absolute atomic E-state index is 11.1. The summed E-state index contributed by atoms with van der Waals surface area (Å²) in [6, 6.07) is 7.57. The fraction of sp³-hybridized carbons (Fsp3) is 0.308. The van der Waals surface area contributed by atoms with Gasteiger partial charge in [0.15, 0.2) is 0 Å². The van der Waals surface area contributed by atoms with Crippen LogP contribution in [-0.2, 0) is 9.53 Å². The van der Waals surface area contributed by atoms with Gasteiger partial charge >= 0.3 is 5.97 Å². The van der Waals surface area contributed by atoms with Crippen molar-refractivity contribution in [2.24, 2.45) is 0 Å². The summed E-state index contributed by atoms with van der Waals surface area (Å²) in [5.41, 5.74) is 1.12. The van der Waals surface area contributed by atoms with Gasteiger partial charge in [0.25, 0.3) is 0 Å². The summed E-state index contributed by atoms with van der Waals surface area (Å²) in [5.74, 6) is -0.134. The largest absolute Gasteiger partial charge is 0.463 e. The number of esters is 1. The molecule has 1 rings (SSSR count). The first-order chi connectivity index (χ1) is 7.63. The van der Waals surface area contributed by atoms with Crippen LogP contribution < -0.4 is 0 Å². The third kappa shape index (κ3) is 4.07. The first kappa shape index (κ1) is 12.8. The molecule has 16 heavy (non-hydrogen) atoms. The molecule has 0 N–H and O–H groups in total. The maximum atomic E-state index is 11.1. The van der Waals surface area contributed by atoms with E-state index >= 15 is 0 Å². The van der Waals surface area contributed by atoms with Crippen LogP contribution in [0.3, 0.4) is 0 Å². The Morgan fingerprint density at radius 2 is 2.06 bits per heavy atom. The zero-order valence-corrected chi connectivity index (χ0v) is 10.2. The van der Waals surface area contributed by atoms with Crippen molar-refractivity contribution in [1.29, 1.82) is 0 Å². The third-order valence-electron chi connectivity index (χ3n) is 2.20. The summed E-state index contributed by atoms with van der Waals surface area (Å²) in [4.78, 5) is 11.1. The molecule has 0 aliphatic heterocycles. The maximum Gasteiger partial charge on any atom is 0.330 e. The minimum absolute atomic E-state index is 0.168. The van der Waals surface area contributed by atoms with Crippen molar-refractivity contribution in [3.63, 3.8) is 0 Å². The smallest absolute Gasteiger partial charge is 0.330 e. The molecule has 0 saturated heterocycles. The van der Waals surface area contributed by atoms with Gasteiger partial charge in [-0.2, -0.15) is 0 Å². The van der Waals surface area contributed by atoms with Gasteiger partial charge in [0.2, 0.25) is 0 Å². The van der Waals surface area contributed by atoms with Gasteiger partial charge in [0, 0.05) is 11.1 Å². The molecular weight excluding hydrogens is 224 g/mol. The molecule has 1 aromatic rings. The van der Waals surface area contributed by atoms with Crippen LogP contribution in [0.5, 0.6) is 0 Å². The van der Waals surface area contributed by atoms with Crippen LogP contribution in [-0.4, -0.2) is 12.6 Å². The quantitative estimate of drug-likeness (QED) is 0.592. The predicted molar refractivity (Wildman–Crippen MR) is 65.6 cm³/mol. The lowest BCUT2D eigenvalue weighted by molar-refractivity contribution is -0.137. The van der Waals surface area contributed by atoms with Gasteiger partial charge in [-0.3, -0.25) is 0 Å². The van der Waals surface area contributed by atoms with Crippen LogP contribution in [0.15, 0.2) is 36.4 Å². The summed E-state index contributed by atoms with van der Waals surface area (Å²) in [6.45, 7) is 4.20. The Morgan fingerprint density at radius 1 is 1.44 bits per heavy atom. The van der Waals surface area contributed by atoms with Gasteiger partial charge in [-0.25, -0.2) is 4.79 Å².